The molecule has 0 bridgehead atoms. The predicted molar refractivity (Wildman–Crippen MR) is 39.8 cm³/mol. The summed E-state index contributed by atoms with van der Waals surface area (Å²) in [7, 11) is 0. The Hall–Kier alpha value is -0.410. The van der Waals surface area contributed by atoms with Gasteiger partial charge in [0.25, 0.3) is 0 Å². The zero-order valence-electron chi connectivity index (χ0n) is 7.26. The van der Waals surface area contributed by atoms with Gasteiger partial charge in [0, 0.05) is 0 Å². The highest BCUT2D eigenvalue weighted by Crippen LogP contribution is 2.01. The summed E-state index contributed by atoms with van der Waals surface area (Å²) in [5.74, 6) is 0.167. The van der Waals surface area contributed by atoms with E-state index in [0.717, 1.165) is 0 Å². The summed E-state index contributed by atoms with van der Waals surface area (Å²) in [6.45, 7) is 8.37. The van der Waals surface area contributed by atoms with Gasteiger partial charge in [-0.2, -0.15) is 0 Å². The molecule has 0 fully saturated rings. The van der Waals surface area contributed by atoms with Crippen molar-refractivity contribution in [3.63, 3.8) is 0 Å². The molecule has 0 aliphatic heterocycles. The van der Waals surface area contributed by atoms with E-state index in [1.165, 1.54) is 13.8 Å². The second kappa shape index (κ2) is 5.38. The smallest absolute Gasteiger partial charge is 0.126 e. The molecule has 0 spiro atoms. The van der Waals surface area contributed by atoms with E-state index >= 15 is 0 Å². The quantitative estimate of drug-likeness (QED) is 0.421. The van der Waals surface area contributed by atoms with Crippen LogP contribution in [0.3, 0.4) is 0 Å². The normalized spacial score (nSPS) is 9.80. The molecule has 0 heterocycles. The molecule has 3 nitrogen and oxygen atoms in total. The minimum Gasteiger partial charge on any atom is -0.300 e. The lowest BCUT2D eigenvalue weighted by molar-refractivity contribution is -0.306. The first-order chi connectivity index (χ1) is 4.29. The molecule has 0 aromatic rings. The van der Waals surface area contributed by atoms with E-state index in [1.54, 1.807) is 20.8 Å². The van der Waals surface area contributed by atoms with Gasteiger partial charge in [-0.3, -0.25) is 5.26 Å². The number of carbonyl (C=O) groups is 1. The summed E-state index contributed by atoms with van der Waals surface area (Å²) >= 11 is 0. The van der Waals surface area contributed by atoms with Gasteiger partial charge in [-0.15, -0.1) is 0 Å². The fourth-order valence-corrected chi connectivity index (χ4v) is 0. The maximum Gasteiger partial charge on any atom is 0.126 e. The molecule has 0 saturated carbocycles. The third-order valence-electron chi connectivity index (χ3n) is 0.274. The first kappa shape index (κ1) is 12.3. The standard InChI is InChI=1S/C4H10O2.C3H6O/c1-4(2,3)6-5;1-3(2)4/h5H,1-3H3;1-2H3. The Bertz CT molecular complexity index is 87.5. The minimum absolute atomic E-state index is 0.167. The Morgan fingerprint density at radius 1 is 1.30 bits per heavy atom. The van der Waals surface area contributed by atoms with Crippen molar-refractivity contribution in [2.45, 2.75) is 40.2 Å². The van der Waals surface area contributed by atoms with Crippen LogP contribution in [0.5, 0.6) is 0 Å². The molecule has 0 atom stereocenters. The highest BCUT2D eigenvalue weighted by molar-refractivity contribution is 5.72. The third kappa shape index (κ3) is 49.1. The first-order valence-corrected chi connectivity index (χ1v) is 3.09. The average molecular weight is 148 g/mol. The lowest BCUT2D eigenvalue weighted by Crippen LogP contribution is -2.15. The Labute approximate surface area is 61.9 Å². The van der Waals surface area contributed by atoms with E-state index < -0.39 is 5.60 Å². The summed E-state index contributed by atoms with van der Waals surface area (Å²) in [6, 6.07) is 0. The van der Waals surface area contributed by atoms with Gasteiger partial charge in [0.15, 0.2) is 0 Å². The van der Waals surface area contributed by atoms with Crippen molar-refractivity contribution < 1.29 is 14.9 Å². The largest absolute Gasteiger partial charge is 0.300 e. The van der Waals surface area contributed by atoms with Crippen LogP contribution < -0.4 is 0 Å². The monoisotopic (exact) mass is 148 g/mol. The number of ketones is 1. The van der Waals surface area contributed by atoms with Gasteiger partial charge in [-0.05, 0) is 34.6 Å². The molecule has 0 saturated heterocycles. The summed E-state index contributed by atoms with van der Waals surface area (Å²) in [4.78, 5) is 13.4. The fraction of sp³-hybridized carbons (Fsp3) is 0.857. The molecule has 3 heteroatoms. The summed E-state index contributed by atoms with van der Waals surface area (Å²) in [6.07, 6.45) is 0. The zero-order valence-corrected chi connectivity index (χ0v) is 7.26. The Kier molecular flexibility index (Phi) is 6.61. The predicted octanol–water partition coefficient (Wildman–Crippen LogP) is 1.87. The maximum absolute atomic E-state index is 9.44. The lowest BCUT2D eigenvalue weighted by Gasteiger charge is -2.10. The number of rotatable bonds is 0. The van der Waals surface area contributed by atoms with E-state index in [9.17, 15) is 4.79 Å². The zero-order chi connectivity index (χ0) is 8.78. The first-order valence-electron chi connectivity index (χ1n) is 3.09. The Morgan fingerprint density at radius 3 is 1.40 bits per heavy atom. The summed E-state index contributed by atoms with van der Waals surface area (Å²) in [5.41, 5.74) is -0.403. The molecule has 0 radical (unpaired) electrons. The molecule has 0 rings (SSSR count). The highest BCUT2D eigenvalue weighted by Gasteiger charge is 2.06. The Morgan fingerprint density at radius 2 is 1.40 bits per heavy atom. The third-order valence-corrected chi connectivity index (χ3v) is 0.274. The van der Waals surface area contributed by atoms with Crippen molar-refractivity contribution in [2.24, 2.45) is 0 Å². The summed E-state index contributed by atoms with van der Waals surface area (Å²) < 4.78 is 0. The van der Waals surface area contributed by atoms with E-state index in [-0.39, 0.29) is 5.78 Å². The van der Waals surface area contributed by atoms with Crippen molar-refractivity contribution in [1.29, 1.82) is 0 Å². The van der Waals surface area contributed by atoms with E-state index in [4.69, 9.17) is 5.26 Å². The van der Waals surface area contributed by atoms with Gasteiger partial charge < -0.3 is 4.79 Å². The molecule has 1 N–H and O–H groups in total. The van der Waals surface area contributed by atoms with Crippen molar-refractivity contribution in [3.8, 4) is 0 Å². The van der Waals surface area contributed by atoms with E-state index in [0.29, 0.717) is 0 Å². The van der Waals surface area contributed by atoms with Crippen LogP contribution in [0.2, 0.25) is 0 Å². The lowest BCUT2D eigenvalue weighted by atomic mass is 10.2. The number of hydrogen-bond donors (Lipinski definition) is 1. The molecular formula is C7H16O3. The van der Waals surface area contributed by atoms with Gasteiger partial charge in [0.05, 0.1) is 5.60 Å². The molecule has 0 aromatic heterocycles. The van der Waals surface area contributed by atoms with Gasteiger partial charge >= 0.3 is 0 Å². The second-order valence-corrected chi connectivity index (χ2v) is 3.11. The van der Waals surface area contributed by atoms with Crippen LogP contribution in [-0.2, 0) is 9.68 Å². The van der Waals surface area contributed by atoms with Gasteiger partial charge in [-0.1, -0.05) is 0 Å². The van der Waals surface area contributed by atoms with Gasteiger partial charge in [-0.25, -0.2) is 4.89 Å². The number of carbonyl (C=O) groups excluding carboxylic acids is 1. The number of hydrogen-bond acceptors (Lipinski definition) is 3. The van der Waals surface area contributed by atoms with Crippen LogP contribution in [0.4, 0.5) is 0 Å². The van der Waals surface area contributed by atoms with E-state index in [1.807, 2.05) is 0 Å². The molecule has 0 aromatic carbocycles. The molecule has 0 amide bonds. The molecular weight excluding hydrogens is 132 g/mol. The second-order valence-electron chi connectivity index (χ2n) is 3.11. The van der Waals surface area contributed by atoms with E-state index in [2.05, 4.69) is 4.89 Å². The molecule has 0 unspecified atom stereocenters. The van der Waals surface area contributed by atoms with Crippen LogP contribution in [0.15, 0.2) is 0 Å². The molecule has 0 aliphatic rings. The maximum atomic E-state index is 9.44. The molecule has 62 valence electrons. The fourth-order valence-electron chi connectivity index (χ4n) is 0. The van der Waals surface area contributed by atoms with Crippen molar-refractivity contribution >= 4 is 5.78 Å². The van der Waals surface area contributed by atoms with Crippen molar-refractivity contribution in [2.75, 3.05) is 0 Å². The van der Waals surface area contributed by atoms with Crippen molar-refractivity contribution in [1.82, 2.24) is 0 Å². The van der Waals surface area contributed by atoms with Crippen LogP contribution in [0, 0.1) is 0 Å². The summed E-state index contributed by atoms with van der Waals surface area (Å²) in [5, 5.41) is 7.90. The van der Waals surface area contributed by atoms with Gasteiger partial charge in [0.1, 0.15) is 5.78 Å². The van der Waals surface area contributed by atoms with Gasteiger partial charge in [0.2, 0.25) is 0 Å². The topological polar surface area (TPSA) is 46.5 Å². The highest BCUT2D eigenvalue weighted by atomic mass is 17.1. The van der Waals surface area contributed by atoms with Crippen LogP contribution >= 0.6 is 0 Å². The number of Topliss-reactive ketones (excluding diaryl/α,β-unsaturated/α-hetero) is 1. The Balaban J connectivity index is 0. The van der Waals surface area contributed by atoms with Crippen molar-refractivity contribution in [3.05, 3.63) is 0 Å². The minimum atomic E-state index is -0.403. The molecule has 0 aliphatic carbocycles. The van der Waals surface area contributed by atoms with Crippen LogP contribution in [0.1, 0.15) is 34.6 Å². The van der Waals surface area contributed by atoms with Crippen LogP contribution in [-0.4, -0.2) is 16.6 Å². The average Bonchev–Trinajstić information content (AvgIpc) is 1.63. The molecule has 10 heavy (non-hydrogen) atoms. The SMILES string of the molecule is CC(C)(C)OO.CC(C)=O. The van der Waals surface area contributed by atoms with Crippen LogP contribution in [0.25, 0.3) is 0 Å².